The van der Waals surface area contributed by atoms with Gasteiger partial charge in [-0.1, -0.05) is 19.8 Å². The van der Waals surface area contributed by atoms with Crippen LogP contribution in [0.2, 0.25) is 0 Å². The summed E-state index contributed by atoms with van der Waals surface area (Å²) in [6, 6.07) is 2.75. The Morgan fingerprint density at radius 3 is 2.67 bits per heavy atom. The van der Waals surface area contributed by atoms with Crippen LogP contribution in [-0.4, -0.2) is 47.4 Å². The first-order chi connectivity index (χ1) is 9.91. The van der Waals surface area contributed by atoms with Crippen LogP contribution in [0.1, 0.15) is 52.9 Å². The van der Waals surface area contributed by atoms with E-state index in [1.54, 1.807) is 0 Å². The molecule has 4 heteroatoms. The number of hydrogen-bond acceptors (Lipinski definition) is 3. The van der Waals surface area contributed by atoms with Crippen LogP contribution in [0.3, 0.4) is 0 Å². The zero-order chi connectivity index (χ0) is 15.6. The monoisotopic (exact) mass is 291 g/mol. The van der Waals surface area contributed by atoms with Crippen molar-refractivity contribution in [2.24, 2.45) is 11.8 Å². The van der Waals surface area contributed by atoms with Gasteiger partial charge in [0.1, 0.15) is 0 Å². The van der Waals surface area contributed by atoms with Crippen molar-refractivity contribution >= 4 is 5.91 Å². The highest BCUT2D eigenvalue weighted by atomic mass is 16.2. The van der Waals surface area contributed by atoms with Crippen molar-refractivity contribution in [2.45, 2.75) is 64.5 Å². The van der Waals surface area contributed by atoms with Gasteiger partial charge in [-0.25, -0.2) is 0 Å². The Morgan fingerprint density at radius 2 is 2.05 bits per heavy atom. The van der Waals surface area contributed by atoms with E-state index in [-0.39, 0.29) is 17.9 Å². The van der Waals surface area contributed by atoms with Crippen LogP contribution >= 0.6 is 0 Å². The van der Waals surface area contributed by atoms with E-state index in [0.717, 1.165) is 31.8 Å². The molecular formula is C17H29N3O. The molecule has 1 saturated heterocycles. The number of carbonyl (C=O) groups is 1. The summed E-state index contributed by atoms with van der Waals surface area (Å²) in [6.07, 6.45) is 5.69. The third-order valence-electron chi connectivity index (χ3n) is 5.45. The number of piperazine rings is 1. The lowest BCUT2D eigenvalue weighted by atomic mass is 9.75. The number of carbonyl (C=O) groups excluding carboxylic acids is 1. The minimum Gasteiger partial charge on any atom is -0.343 e. The molecule has 3 unspecified atom stereocenters. The van der Waals surface area contributed by atoms with Crippen molar-refractivity contribution in [2.75, 3.05) is 20.1 Å². The van der Waals surface area contributed by atoms with Gasteiger partial charge in [0.05, 0.1) is 17.5 Å². The molecular weight excluding hydrogens is 262 g/mol. The van der Waals surface area contributed by atoms with Crippen molar-refractivity contribution in [1.82, 2.24) is 9.80 Å². The Balaban J connectivity index is 2.20. The summed E-state index contributed by atoms with van der Waals surface area (Å²) in [5, 5.41) is 9.52. The average Bonchev–Trinajstić information content (AvgIpc) is 2.45. The molecule has 2 fully saturated rings. The van der Waals surface area contributed by atoms with Crippen LogP contribution in [0, 0.1) is 23.2 Å². The maximum Gasteiger partial charge on any atom is 0.242 e. The fourth-order valence-electron chi connectivity index (χ4n) is 4.21. The van der Waals surface area contributed by atoms with Gasteiger partial charge < -0.3 is 4.90 Å². The molecule has 1 heterocycles. The molecule has 21 heavy (non-hydrogen) atoms. The topological polar surface area (TPSA) is 47.3 Å². The standard InChI is InChI=1S/C17H29N3O/c1-5-6-13-7-8-14(12-18)15(11-13)20-10-9-19(4)16(21)17(20,2)3/h13-15H,5-11H2,1-4H3. The first-order valence-electron chi connectivity index (χ1n) is 8.33. The molecule has 0 N–H and O–H groups in total. The van der Waals surface area contributed by atoms with Crippen LogP contribution in [0.4, 0.5) is 0 Å². The fraction of sp³-hybridized carbons (Fsp3) is 0.882. The van der Waals surface area contributed by atoms with Gasteiger partial charge in [-0.2, -0.15) is 5.26 Å². The van der Waals surface area contributed by atoms with Gasteiger partial charge >= 0.3 is 0 Å². The lowest BCUT2D eigenvalue weighted by Gasteiger charge is -2.51. The summed E-state index contributed by atoms with van der Waals surface area (Å²) >= 11 is 0. The number of nitrogens with zero attached hydrogens (tertiary/aromatic N) is 3. The molecule has 1 aliphatic carbocycles. The second-order valence-corrected chi connectivity index (χ2v) is 7.25. The number of hydrogen-bond donors (Lipinski definition) is 0. The average molecular weight is 291 g/mol. The summed E-state index contributed by atoms with van der Waals surface area (Å²) in [5.74, 6) is 0.979. The van der Waals surface area contributed by atoms with E-state index < -0.39 is 5.54 Å². The highest BCUT2D eigenvalue weighted by molar-refractivity contribution is 5.86. The molecule has 0 aromatic carbocycles. The molecule has 3 atom stereocenters. The highest BCUT2D eigenvalue weighted by Gasteiger charge is 2.47. The van der Waals surface area contributed by atoms with Gasteiger partial charge in [0.25, 0.3) is 0 Å². The summed E-state index contributed by atoms with van der Waals surface area (Å²) < 4.78 is 0. The second kappa shape index (κ2) is 6.36. The van der Waals surface area contributed by atoms with Crippen LogP contribution in [-0.2, 0) is 4.79 Å². The lowest BCUT2D eigenvalue weighted by Crippen LogP contribution is -2.66. The van der Waals surface area contributed by atoms with Crippen LogP contribution in [0.5, 0.6) is 0 Å². The van der Waals surface area contributed by atoms with Gasteiger partial charge in [0.15, 0.2) is 0 Å². The normalized spacial score (nSPS) is 33.8. The Labute approximate surface area is 129 Å². The van der Waals surface area contributed by atoms with Gasteiger partial charge in [-0.15, -0.1) is 0 Å². The van der Waals surface area contributed by atoms with Crippen LogP contribution in [0.25, 0.3) is 0 Å². The quantitative estimate of drug-likeness (QED) is 0.803. The minimum atomic E-state index is -0.485. The van der Waals surface area contributed by atoms with E-state index in [0.29, 0.717) is 0 Å². The van der Waals surface area contributed by atoms with E-state index in [9.17, 15) is 10.1 Å². The van der Waals surface area contributed by atoms with Crippen molar-refractivity contribution in [1.29, 1.82) is 5.26 Å². The molecule has 0 aromatic heterocycles. The second-order valence-electron chi connectivity index (χ2n) is 7.25. The third kappa shape index (κ3) is 3.08. The Morgan fingerprint density at radius 1 is 1.33 bits per heavy atom. The Bertz CT molecular complexity index is 426. The number of likely N-dealkylation sites (N-methyl/N-ethyl adjacent to an activating group) is 1. The lowest BCUT2D eigenvalue weighted by molar-refractivity contribution is -0.151. The predicted molar refractivity (Wildman–Crippen MR) is 83.6 cm³/mol. The van der Waals surface area contributed by atoms with Gasteiger partial charge in [-0.3, -0.25) is 9.69 Å². The van der Waals surface area contributed by atoms with Gasteiger partial charge in [0, 0.05) is 26.2 Å². The van der Waals surface area contributed by atoms with Gasteiger partial charge in [-0.05, 0) is 39.0 Å². The molecule has 2 rings (SSSR count). The van der Waals surface area contributed by atoms with Crippen molar-refractivity contribution in [3.8, 4) is 6.07 Å². The zero-order valence-electron chi connectivity index (χ0n) is 13.9. The molecule has 1 saturated carbocycles. The summed E-state index contributed by atoms with van der Waals surface area (Å²) in [6.45, 7) is 7.92. The first kappa shape index (κ1) is 16.3. The highest BCUT2D eigenvalue weighted by Crippen LogP contribution is 2.38. The van der Waals surface area contributed by atoms with Crippen molar-refractivity contribution in [3.63, 3.8) is 0 Å². The molecule has 0 bridgehead atoms. The maximum atomic E-state index is 12.5. The molecule has 4 nitrogen and oxygen atoms in total. The largest absolute Gasteiger partial charge is 0.343 e. The van der Waals surface area contributed by atoms with E-state index >= 15 is 0 Å². The van der Waals surface area contributed by atoms with Crippen molar-refractivity contribution in [3.05, 3.63) is 0 Å². The predicted octanol–water partition coefficient (Wildman–Crippen LogP) is 2.65. The maximum absolute atomic E-state index is 12.5. The van der Waals surface area contributed by atoms with Crippen LogP contribution in [0.15, 0.2) is 0 Å². The SMILES string of the molecule is CCCC1CCC(C#N)C(N2CCN(C)C(=O)C2(C)C)C1. The fourth-order valence-corrected chi connectivity index (χ4v) is 4.21. The van der Waals surface area contributed by atoms with E-state index in [1.807, 2.05) is 25.8 Å². The summed E-state index contributed by atoms with van der Waals surface area (Å²) in [7, 11) is 1.88. The zero-order valence-corrected chi connectivity index (χ0v) is 13.9. The molecule has 1 aliphatic heterocycles. The Kier molecular flexibility index (Phi) is 4.93. The number of amides is 1. The molecule has 0 radical (unpaired) electrons. The van der Waals surface area contributed by atoms with Crippen molar-refractivity contribution < 1.29 is 4.79 Å². The Hall–Kier alpha value is -1.08. The van der Waals surface area contributed by atoms with Gasteiger partial charge in [0.2, 0.25) is 5.91 Å². The molecule has 0 aromatic rings. The first-order valence-corrected chi connectivity index (χ1v) is 8.33. The third-order valence-corrected chi connectivity index (χ3v) is 5.45. The minimum absolute atomic E-state index is 0.0774. The molecule has 1 amide bonds. The summed E-state index contributed by atoms with van der Waals surface area (Å²) in [4.78, 5) is 16.7. The summed E-state index contributed by atoms with van der Waals surface area (Å²) in [5.41, 5.74) is -0.485. The number of rotatable bonds is 3. The van der Waals surface area contributed by atoms with Crippen LogP contribution < -0.4 is 0 Å². The molecule has 118 valence electrons. The van der Waals surface area contributed by atoms with E-state index in [4.69, 9.17) is 0 Å². The molecule has 2 aliphatic rings. The van der Waals surface area contributed by atoms with E-state index in [2.05, 4.69) is 17.9 Å². The number of nitriles is 1. The molecule has 0 spiro atoms. The van der Waals surface area contributed by atoms with E-state index in [1.165, 1.54) is 19.3 Å². The smallest absolute Gasteiger partial charge is 0.242 e.